The Balaban J connectivity index is 1.84. The Morgan fingerprint density at radius 2 is 2.00 bits per heavy atom. The average molecular weight is 285 g/mol. The van der Waals surface area contributed by atoms with Crippen LogP contribution in [0.25, 0.3) is 11.0 Å². The normalized spacial score (nSPS) is 15.9. The van der Waals surface area contributed by atoms with Crippen molar-refractivity contribution >= 4 is 23.2 Å². The SMILES string of the molecule is O=Cc1cn(CC(=O)N2CCCCCC2)c2ncccc12. The molecule has 110 valence electrons. The largest absolute Gasteiger partial charge is 0.341 e. The van der Waals surface area contributed by atoms with Gasteiger partial charge in [-0.1, -0.05) is 12.8 Å². The number of aldehydes is 1. The van der Waals surface area contributed by atoms with Gasteiger partial charge in [-0.05, 0) is 25.0 Å². The zero-order valence-corrected chi connectivity index (χ0v) is 12.0. The van der Waals surface area contributed by atoms with Crippen LogP contribution in [-0.2, 0) is 11.3 Å². The second-order valence-electron chi connectivity index (χ2n) is 5.50. The maximum Gasteiger partial charge on any atom is 0.242 e. The number of amides is 1. The molecule has 0 N–H and O–H groups in total. The van der Waals surface area contributed by atoms with Gasteiger partial charge in [0.1, 0.15) is 12.2 Å². The summed E-state index contributed by atoms with van der Waals surface area (Å²) in [6.07, 6.45) is 8.79. The van der Waals surface area contributed by atoms with Crippen LogP contribution < -0.4 is 0 Å². The van der Waals surface area contributed by atoms with E-state index in [1.54, 1.807) is 23.0 Å². The average Bonchev–Trinajstić information content (AvgIpc) is 2.69. The van der Waals surface area contributed by atoms with E-state index in [-0.39, 0.29) is 12.5 Å². The highest BCUT2D eigenvalue weighted by atomic mass is 16.2. The minimum Gasteiger partial charge on any atom is -0.341 e. The molecule has 1 saturated heterocycles. The predicted molar refractivity (Wildman–Crippen MR) is 80.2 cm³/mol. The molecule has 1 aliphatic rings. The topological polar surface area (TPSA) is 55.2 Å². The highest BCUT2D eigenvalue weighted by molar-refractivity contribution is 5.96. The number of carbonyl (C=O) groups is 2. The van der Waals surface area contributed by atoms with Crippen LogP contribution >= 0.6 is 0 Å². The zero-order valence-electron chi connectivity index (χ0n) is 12.0. The van der Waals surface area contributed by atoms with Gasteiger partial charge >= 0.3 is 0 Å². The summed E-state index contributed by atoms with van der Waals surface area (Å²) in [6, 6.07) is 3.66. The molecule has 0 spiro atoms. The van der Waals surface area contributed by atoms with Crippen molar-refractivity contribution in [1.29, 1.82) is 0 Å². The molecule has 21 heavy (non-hydrogen) atoms. The number of pyridine rings is 1. The van der Waals surface area contributed by atoms with Crippen molar-refractivity contribution in [1.82, 2.24) is 14.5 Å². The quantitative estimate of drug-likeness (QED) is 0.813. The third-order valence-electron chi connectivity index (χ3n) is 4.06. The minimum absolute atomic E-state index is 0.108. The lowest BCUT2D eigenvalue weighted by atomic mass is 10.2. The van der Waals surface area contributed by atoms with Crippen molar-refractivity contribution in [2.45, 2.75) is 32.2 Å². The number of aromatic nitrogens is 2. The van der Waals surface area contributed by atoms with Gasteiger partial charge in [-0.25, -0.2) is 4.98 Å². The summed E-state index contributed by atoms with van der Waals surface area (Å²) in [4.78, 5) is 29.8. The maximum absolute atomic E-state index is 12.5. The van der Waals surface area contributed by atoms with E-state index in [0.717, 1.165) is 37.6 Å². The molecule has 0 aromatic carbocycles. The highest BCUT2D eigenvalue weighted by Crippen LogP contribution is 2.18. The number of hydrogen-bond donors (Lipinski definition) is 0. The monoisotopic (exact) mass is 285 g/mol. The molecule has 1 aliphatic heterocycles. The van der Waals surface area contributed by atoms with E-state index in [1.165, 1.54) is 12.8 Å². The number of rotatable bonds is 3. The van der Waals surface area contributed by atoms with E-state index in [2.05, 4.69) is 4.98 Å². The van der Waals surface area contributed by atoms with E-state index >= 15 is 0 Å². The van der Waals surface area contributed by atoms with Gasteiger partial charge in [-0.3, -0.25) is 9.59 Å². The summed E-state index contributed by atoms with van der Waals surface area (Å²) < 4.78 is 1.78. The summed E-state index contributed by atoms with van der Waals surface area (Å²) in [7, 11) is 0. The third-order valence-corrected chi connectivity index (χ3v) is 4.06. The van der Waals surface area contributed by atoms with Crippen LogP contribution in [0, 0.1) is 0 Å². The Bertz CT molecular complexity index is 655. The molecule has 5 heteroatoms. The van der Waals surface area contributed by atoms with Gasteiger partial charge in [0, 0.05) is 36.4 Å². The van der Waals surface area contributed by atoms with E-state index in [9.17, 15) is 9.59 Å². The number of nitrogens with zero attached hydrogens (tertiary/aromatic N) is 3. The Morgan fingerprint density at radius 3 is 2.71 bits per heavy atom. The van der Waals surface area contributed by atoms with Gasteiger partial charge in [0.25, 0.3) is 0 Å². The summed E-state index contributed by atoms with van der Waals surface area (Å²) in [5, 5.41) is 0.802. The zero-order chi connectivity index (χ0) is 14.7. The molecule has 1 amide bonds. The standard InChI is InChI=1S/C16H19N3O2/c20-12-13-10-19(16-14(13)6-5-7-17-16)11-15(21)18-8-3-1-2-4-9-18/h5-7,10,12H,1-4,8-9,11H2. The maximum atomic E-state index is 12.5. The fourth-order valence-corrected chi connectivity index (χ4v) is 2.93. The number of carbonyl (C=O) groups excluding carboxylic acids is 2. The van der Waals surface area contributed by atoms with Crippen LogP contribution in [-0.4, -0.2) is 39.7 Å². The molecule has 0 unspecified atom stereocenters. The fraction of sp³-hybridized carbons (Fsp3) is 0.438. The molecule has 3 rings (SSSR count). The summed E-state index contributed by atoms with van der Waals surface area (Å²) in [6.45, 7) is 1.93. The van der Waals surface area contributed by atoms with Crippen molar-refractivity contribution < 1.29 is 9.59 Å². The van der Waals surface area contributed by atoms with Crippen LogP contribution in [0.4, 0.5) is 0 Å². The lowest BCUT2D eigenvalue weighted by molar-refractivity contribution is -0.131. The van der Waals surface area contributed by atoms with Crippen LogP contribution in [0.5, 0.6) is 0 Å². The fourth-order valence-electron chi connectivity index (χ4n) is 2.93. The van der Waals surface area contributed by atoms with Gasteiger partial charge in [0.05, 0.1) is 0 Å². The molecule has 5 nitrogen and oxygen atoms in total. The minimum atomic E-state index is 0.108. The first-order chi connectivity index (χ1) is 10.3. The first-order valence-corrected chi connectivity index (χ1v) is 7.46. The number of likely N-dealkylation sites (tertiary alicyclic amines) is 1. The number of hydrogen-bond acceptors (Lipinski definition) is 3. The lowest BCUT2D eigenvalue weighted by Gasteiger charge is -2.20. The first-order valence-electron chi connectivity index (χ1n) is 7.46. The summed E-state index contributed by atoms with van der Waals surface area (Å²) in [5.41, 5.74) is 1.28. The molecular weight excluding hydrogens is 266 g/mol. The third kappa shape index (κ3) is 2.82. The van der Waals surface area contributed by atoms with Crippen LogP contribution in [0.3, 0.4) is 0 Å². The Morgan fingerprint density at radius 1 is 1.24 bits per heavy atom. The van der Waals surface area contributed by atoms with Crippen LogP contribution in [0.15, 0.2) is 24.5 Å². The number of fused-ring (bicyclic) bond motifs is 1. The van der Waals surface area contributed by atoms with E-state index in [0.29, 0.717) is 11.2 Å². The van der Waals surface area contributed by atoms with Gasteiger partial charge in [0.15, 0.2) is 6.29 Å². The van der Waals surface area contributed by atoms with Gasteiger partial charge in [-0.15, -0.1) is 0 Å². The molecule has 1 fully saturated rings. The van der Waals surface area contributed by atoms with Crippen LogP contribution in [0.1, 0.15) is 36.0 Å². The van der Waals surface area contributed by atoms with Crippen LogP contribution in [0.2, 0.25) is 0 Å². The highest BCUT2D eigenvalue weighted by Gasteiger charge is 2.17. The summed E-state index contributed by atoms with van der Waals surface area (Å²) >= 11 is 0. The van der Waals surface area contributed by atoms with Gasteiger partial charge in [-0.2, -0.15) is 0 Å². The van der Waals surface area contributed by atoms with Crippen molar-refractivity contribution in [3.8, 4) is 0 Å². The molecule has 0 aliphatic carbocycles. The molecule has 0 atom stereocenters. The van der Waals surface area contributed by atoms with Crippen molar-refractivity contribution in [3.63, 3.8) is 0 Å². The summed E-state index contributed by atoms with van der Waals surface area (Å²) in [5.74, 6) is 0.108. The second-order valence-corrected chi connectivity index (χ2v) is 5.50. The van der Waals surface area contributed by atoms with E-state index in [4.69, 9.17) is 0 Å². The van der Waals surface area contributed by atoms with Gasteiger partial charge < -0.3 is 9.47 Å². The Hall–Kier alpha value is -2.17. The molecule has 0 saturated carbocycles. The molecule has 0 bridgehead atoms. The molecule has 2 aromatic heterocycles. The van der Waals surface area contributed by atoms with E-state index < -0.39 is 0 Å². The first kappa shape index (κ1) is 13.8. The van der Waals surface area contributed by atoms with Gasteiger partial charge in [0.2, 0.25) is 5.91 Å². The van der Waals surface area contributed by atoms with E-state index in [1.807, 2.05) is 11.0 Å². The van der Waals surface area contributed by atoms with Crippen molar-refractivity contribution in [3.05, 3.63) is 30.1 Å². The second kappa shape index (κ2) is 6.08. The molecule has 0 radical (unpaired) electrons. The molecule has 3 heterocycles. The van der Waals surface area contributed by atoms with Crippen molar-refractivity contribution in [2.75, 3.05) is 13.1 Å². The smallest absolute Gasteiger partial charge is 0.242 e. The Labute approximate surface area is 123 Å². The molecular formula is C16H19N3O2. The molecule has 2 aromatic rings. The Kier molecular flexibility index (Phi) is 3.99. The lowest BCUT2D eigenvalue weighted by Crippen LogP contribution is -2.34. The predicted octanol–water partition coefficient (Wildman–Crippen LogP) is 2.25. The van der Waals surface area contributed by atoms with Crippen molar-refractivity contribution in [2.24, 2.45) is 0 Å².